The molecule has 3 unspecified atom stereocenters. The molecule has 3 rings (SSSR count). The molecule has 0 radical (unpaired) electrons. The maximum Gasteiger partial charge on any atom is 0.124 e. The van der Waals surface area contributed by atoms with E-state index in [2.05, 4.69) is 37.4 Å². The van der Waals surface area contributed by atoms with Crippen LogP contribution >= 0.6 is 0 Å². The van der Waals surface area contributed by atoms with Crippen molar-refractivity contribution in [2.75, 3.05) is 13.2 Å². The van der Waals surface area contributed by atoms with Gasteiger partial charge in [-0.15, -0.1) is 0 Å². The molecule has 0 aromatic heterocycles. The van der Waals surface area contributed by atoms with Crippen LogP contribution in [0.4, 0.5) is 0 Å². The molecule has 1 saturated heterocycles. The van der Waals surface area contributed by atoms with Gasteiger partial charge in [-0.25, -0.2) is 0 Å². The third kappa shape index (κ3) is 2.77. The van der Waals surface area contributed by atoms with E-state index >= 15 is 0 Å². The Morgan fingerprint density at radius 2 is 2.11 bits per heavy atom. The maximum atomic E-state index is 5.83. The molecule has 0 bridgehead atoms. The fourth-order valence-electron chi connectivity index (χ4n) is 3.03. The molecule has 0 spiro atoms. The minimum atomic E-state index is 0.340. The van der Waals surface area contributed by atoms with Crippen molar-refractivity contribution in [1.82, 2.24) is 5.32 Å². The molecule has 104 valence electrons. The van der Waals surface area contributed by atoms with Crippen molar-refractivity contribution in [3.63, 3.8) is 0 Å². The summed E-state index contributed by atoms with van der Waals surface area (Å²) in [5.41, 5.74) is 1.30. The Hall–Kier alpha value is -1.06. The molecule has 3 heteroatoms. The van der Waals surface area contributed by atoms with Gasteiger partial charge in [0.15, 0.2) is 0 Å². The Morgan fingerprint density at radius 1 is 1.26 bits per heavy atom. The minimum absolute atomic E-state index is 0.340. The van der Waals surface area contributed by atoms with Crippen molar-refractivity contribution in [3.05, 3.63) is 29.8 Å². The lowest BCUT2D eigenvalue weighted by Gasteiger charge is -2.33. The van der Waals surface area contributed by atoms with Gasteiger partial charge in [0, 0.05) is 18.2 Å². The highest BCUT2D eigenvalue weighted by atomic mass is 16.5. The molecule has 3 nitrogen and oxygen atoms in total. The van der Waals surface area contributed by atoms with Crippen LogP contribution in [0, 0.1) is 5.92 Å². The van der Waals surface area contributed by atoms with Crippen LogP contribution in [-0.2, 0) is 4.74 Å². The number of benzene rings is 1. The van der Waals surface area contributed by atoms with Crippen molar-refractivity contribution in [2.24, 2.45) is 5.92 Å². The van der Waals surface area contributed by atoms with Gasteiger partial charge in [0.25, 0.3) is 0 Å². The van der Waals surface area contributed by atoms with E-state index in [0.29, 0.717) is 24.1 Å². The molecule has 2 heterocycles. The van der Waals surface area contributed by atoms with Crippen molar-refractivity contribution >= 4 is 0 Å². The molecule has 2 aliphatic heterocycles. The standard InChI is InChI=1S/C16H23NO2/c1-11(2)16-9-12(7-8-18-16)17-14-10-19-15-6-4-3-5-13(14)15/h3-6,11-12,14,16-17H,7-10H2,1-2H3. The molecule has 1 fully saturated rings. The highest BCUT2D eigenvalue weighted by molar-refractivity contribution is 5.39. The average Bonchev–Trinajstić information content (AvgIpc) is 2.83. The summed E-state index contributed by atoms with van der Waals surface area (Å²) in [5.74, 6) is 1.63. The summed E-state index contributed by atoms with van der Waals surface area (Å²) in [6.45, 7) is 6.10. The van der Waals surface area contributed by atoms with Crippen LogP contribution in [0.5, 0.6) is 5.75 Å². The Kier molecular flexibility index (Phi) is 3.76. The molecule has 1 aromatic carbocycles. The van der Waals surface area contributed by atoms with Crippen LogP contribution in [0.25, 0.3) is 0 Å². The highest BCUT2D eigenvalue weighted by Crippen LogP contribution is 2.33. The zero-order valence-electron chi connectivity index (χ0n) is 11.8. The van der Waals surface area contributed by atoms with E-state index < -0.39 is 0 Å². The normalized spacial score (nSPS) is 30.2. The van der Waals surface area contributed by atoms with Gasteiger partial charge in [0.1, 0.15) is 12.4 Å². The lowest BCUT2D eigenvalue weighted by atomic mass is 9.94. The molecule has 3 atom stereocenters. The first-order valence-electron chi connectivity index (χ1n) is 7.33. The summed E-state index contributed by atoms with van der Waals surface area (Å²) < 4.78 is 11.6. The molecule has 1 aromatic rings. The summed E-state index contributed by atoms with van der Waals surface area (Å²) in [6.07, 6.45) is 2.60. The van der Waals surface area contributed by atoms with Crippen LogP contribution in [0.2, 0.25) is 0 Å². The third-order valence-corrected chi connectivity index (χ3v) is 4.20. The molecular formula is C16H23NO2. The number of hydrogen-bond acceptors (Lipinski definition) is 3. The molecule has 0 amide bonds. The SMILES string of the molecule is CC(C)C1CC(NC2COc3ccccc32)CCO1. The molecule has 0 saturated carbocycles. The first-order valence-corrected chi connectivity index (χ1v) is 7.33. The van der Waals surface area contributed by atoms with Crippen molar-refractivity contribution in [2.45, 2.75) is 44.9 Å². The summed E-state index contributed by atoms with van der Waals surface area (Å²) >= 11 is 0. The van der Waals surface area contributed by atoms with Gasteiger partial charge < -0.3 is 14.8 Å². The van der Waals surface area contributed by atoms with Crippen LogP contribution in [0.3, 0.4) is 0 Å². The molecule has 2 aliphatic rings. The fraction of sp³-hybridized carbons (Fsp3) is 0.625. The van der Waals surface area contributed by atoms with E-state index in [1.807, 2.05) is 6.07 Å². The molecule has 1 N–H and O–H groups in total. The molecular weight excluding hydrogens is 238 g/mol. The van der Waals surface area contributed by atoms with Crippen molar-refractivity contribution < 1.29 is 9.47 Å². The summed E-state index contributed by atoms with van der Waals surface area (Å²) in [5, 5.41) is 3.75. The smallest absolute Gasteiger partial charge is 0.124 e. The first-order chi connectivity index (χ1) is 9.24. The highest BCUT2D eigenvalue weighted by Gasteiger charge is 2.30. The molecule has 0 aliphatic carbocycles. The zero-order valence-corrected chi connectivity index (χ0v) is 11.8. The monoisotopic (exact) mass is 261 g/mol. The van der Waals surface area contributed by atoms with E-state index in [0.717, 1.165) is 31.8 Å². The van der Waals surface area contributed by atoms with E-state index in [1.54, 1.807) is 0 Å². The quantitative estimate of drug-likeness (QED) is 0.907. The second-order valence-electron chi connectivity index (χ2n) is 5.94. The number of ether oxygens (including phenoxy) is 2. The lowest BCUT2D eigenvalue weighted by Crippen LogP contribution is -2.42. The van der Waals surface area contributed by atoms with E-state index in [4.69, 9.17) is 9.47 Å². The Balaban J connectivity index is 1.63. The number of rotatable bonds is 3. The number of hydrogen-bond donors (Lipinski definition) is 1. The minimum Gasteiger partial charge on any atom is -0.491 e. The largest absolute Gasteiger partial charge is 0.491 e. The van der Waals surface area contributed by atoms with Gasteiger partial charge in [-0.1, -0.05) is 32.0 Å². The van der Waals surface area contributed by atoms with E-state index in [-0.39, 0.29) is 0 Å². The van der Waals surface area contributed by atoms with Gasteiger partial charge in [-0.3, -0.25) is 0 Å². The summed E-state index contributed by atoms with van der Waals surface area (Å²) in [6, 6.07) is 9.22. The van der Waals surface area contributed by atoms with Gasteiger partial charge in [0.2, 0.25) is 0 Å². The predicted octanol–water partition coefficient (Wildman–Crippen LogP) is 2.91. The van der Waals surface area contributed by atoms with Gasteiger partial charge >= 0.3 is 0 Å². The topological polar surface area (TPSA) is 30.5 Å². The number of fused-ring (bicyclic) bond motifs is 1. The predicted molar refractivity (Wildman–Crippen MR) is 75.4 cm³/mol. The Labute approximate surface area is 115 Å². The maximum absolute atomic E-state index is 5.83. The van der Waals surface area contributed by atoms with Gasteiger partial charge in [0.05, 0.1) is 12.1 Å². The number of para-hydroxylation sites is 1. The lowest BCUT2D eigenvalue weighted by molar-refractivity contribution is -0.0262. The van der Waals surface area contributed by atoms with Gasteiger partial charge in [-0.05, 0) is 24.8 Å². The van der Waals surface area contributed by atoms with E-state index in [1.165, 1.54) is 5.56 Å². The average molecular weight is 261 g/mol. The molecule has 19 heavy (non-hydrogen) atoms. The third-order valence-electron chi connectivity index (χ3n) is 4.20. The summed E-state index contributed by atoms with van der Waals surface area (Å²) in [7, 11) is 0. The van der Waals surface area contributed by atoms with Crippen LogP contribution in [0.1, 0.15) is 38.3 Å². The van der Waals surface area contributed by atoms with Crippen molar-refractivity contribution in [1.29, 1.82) is 0 Å². The summed E-state index contributed by atoms with van der Waals surface area (Å²) in [4.78, 5) is 0. The second kappa shape index (κ2) is 5.51. The van der Waals surface area contributed by atoms with Crippen LogP contribution < -0.4 is 10.1 Å². The zero-order chi connectivity index (χ0) is 13.2. The van der Waals surface area contributed by atoms with Crippen LogP contribution in [0.15, 0.2) is 24.3 Å². The van der Waals surface area contributed by atoms with E-state index in [9.17, 15) is 0 Å². The number of nitrogens with one attached hydrogen (secondary N) is 1. The van der Waals surface area contributed by atoms with Gasteiger partial charge in [-0.2, -0.15) is 0 Å². The Morgan fingerprint density at radius 3 is 2.95 bits per heavy atom. The Bertz CT molecular complexity index is 433. The van der Waals surface area contributed by atoms with Crippen LogP contribution in [-0.4, -0.2) is 25.4 Å². The van der Waals surface area contributed by atoms with Crippen molar-refractivity contribution in [3.8, 4) is 5.75 Å². The fourth-order valence-corrected chi connectivity index (χ4v) is 3.03. The second-order valence-corrected chi connectivity index (χ2v) is 5.94. The first kappa shape index (κ1) is 12.9.